The van der Waals surface area contributed by atoms with Gasteiger partial charge >= 0.3 is 5.97 Å². The van der Waals surface area contributed by atoms with Gasteiger partial charge in [0.2, 0.25) is 0 Å². The van der Waals surface area contributed by atoms with Gasteiger partial charge in [-0.15, -0.1) is 0 Å². The summed E-state index contributed by atoms with van der Waals surface area (Å²) in [5.41, 5.74) is 0.927. The minimum Gasteiger partial charge on any atom is -0.481 e. The van der Waals surface area contributed by atoms with Crippen molar-refractivity contribution in [2.24, 2.45) is 0 Å². The minimum absolute atomic E-state index is 0.115. The number of amides is 1. The highest BCUT2D eigenvalue weighted by Crippen LogP contribution is 1.98. The number of nitrogens with one attached hydrogen (secondary N) is 1. The molecule has 0 aliphatic rings. The largest absolute Gasteiger partial charge is 0.481 e. The zero-order valence-electron chi connectivity index (χ0n) is 9.10. The van der Waals surface area contributed by atoms with Crippen LogP contribution in [0.4, 0.5) is 0 Å². The highest BCUT2D eigenvalue weighted by atomic mass is 16.4. The van der Waals surface area contributed by atoms with Crippen molar-refractivity contribution in [2.45, 2.75) is 26.3 Å². The van der Waals surface area contributed by atoms with E-state index in [-0.39, 0.29) is 18.0 Å². The molecule has 0 aliphatic carbocycles. The molecule has 1 atom stereocenters. The summed E-state index contributed by atoms with van der Waals surface area (Å²) in [6.07, 6.45) is 1.18. The van der Waals surface area contributed by atoms with Crippen molar-refractivity contribution in [2.75, 3.05) is 0 Å². The molecule has 6 heteroatoms. The lowest BCUT2D eigenvalue weighted by Crippen LogP contribution is -2.34. The van der Waals surface area contributed by atoms with Crippen LogP contribution >= 0.6 is 0 Å². The second-order valence-corrected chi connectivity index (χ2v) is 3.52. The van der Waals surface area contributed by atoms with Crippen molar-refractivity contribution in [1.29, 1.82) is 0 Å². The van der Waals surface area contributed by atoms with E-state index in [0.29, 0.717) is 5.69 Å². The third-order valence-electron chi connectivity index (χ3n) is 1.89. The molecule has 86 valence electrons. The average Bonchev–Trinajstić information content (AvgIpc) is 2.16. The Hall–Kier alpha value is -1.98. The van der Waals surface area contributed by atoms with Crippen LogP contribution in [-0.2, 0) is 4.79 Å². The molecule has 1 aromatic rings. The molecule has 1 amide bonds. The van der Waals surface area contributed by atoms with Crippen LogP contribution in [0.25, 0.3) is 0 Å². The van der Waals surface area contributed by atoms with Crippen LogP contribution in [-0.4, -0.2) is 33.0 Å². The Labute approximate surface area is 92.7 Å². The predicted octanol–water partition coefficient (Wildman–Crippen LogP) is 0.378. The summed E-state index contributed by atoms with van der Waals surface area (Å²) < 4.78 is 0. The van der Waals surface area contributed by atoms with E-state index in [4.69, 9.17) is 5.11 Å². The maximum absolute atomic E-state index is 11.6. The molecular weight excluding hydrogens is 210 g/mol. The van der Waals surface area contributed by atoms with E-state index in [1.807, 2.05) is 0 Å². The number of nitrogens with zero attached hydrogens (tertiary/aromatic N) is 2. The Kier molecular flexibility index (Phi) is 3.93. The molecule has 0 bridgehead atoms. The SMILES string of the molecule is Cc1cc(C(=O)NC(C)CC(=O)O)ncn1. The molecular formula is C10H13N3O3. The molecule has 0 saturated carbocycles. The molecule has 1 heterocycles. The number of aromatic nitrogens is 2. The smallest absolute Gasteiger partial charge is 0.305 e. The Morgan fingerprint density at radius 3 is 2.75 bits per heavy atom. The van der Waals surface area contributed by atoms with E-state index in [9.17, 15) is 9.59 Å². The summed E-state index contributed by atoms with van der Waals surface area (Å²) in [4.78, 5) is 29.7. The Morgan fingerprint density at radius 2 is 2.19 bits per heavy atom. The first-order valence-corrected chi connectivity index (χ1v) is 4.80. The lowest BCUT2D eigenvalue weighted by atomic mass is 10.2. The number of carbonyl (C=O) groups excluding carboxylic acids is 1. The van der Waals surface area contributed by atoms with Gasteiger partial charge < -0.3 is 10.4 Å². The molecule has 1 aromatic heterocycles. The number of aryl methyl sites for hydroxylation is 1. The second kappa shape index (κ2) is 5.20. The lowest BCUT2D eigenvalue weighted by Gasteiger charge is -2.10. The van der Waals surface area contributed by atoms with E-state index < -0.39 is 12.0 Å². The van der Waals surface area contributed by atoms with E-state index in [0.717, 1.165) is 0 Å². The first-order valence-electron chi connectivity index (χ1n) is 4.80. The lowest BCUT2D eigenvalue weighted by molar-refractivity contribution is -0.137. The van der Waals surface area contributed by atoms with Gasteiger partial charge in [0.25, 0.3) is 5.91 Å². The zero-order valence-corrected chi connectivity index (χ0v) is 9.10. The van der Waals surface area contributed by atoms with Gasteiger partial charge in [0, 0.05) is 11.7 Å². The van der Waals surface area contributed by atoms with E-state index in [1.165, 1.54) is 6.33 Å². The third-order valence-corrected chi connectivity index (χ3v) is 1.89. The molecule has 1 unspecified atom stereocenters. The van der Waals surface area contributed by atoms with Crippen LogP contribution in [0.1, 0.15) is 29.5 Å². The monoisotopic (exact) mass is 223 g/mol. The van der Waals surface area contributed by atoms with Gasteiger partial charge in [-0.25, -0.2) is 9.97 Å². The van der Waals surface area contributed by atoms with Gasteiger partial charge in [0.15, 0.2) is 0 Å². The van der Waals surface area contributed by atoms with Crippen molar-refractivity contribution in [3.8, 4) is 0 Å². The van der Waals surface area contributed by atoms with Gasteiger partial charge in [-0.05, 0) is 19.9 Å². The summed E-state index contributed by atoms with van der Waals surface area (Å²) in [6.45, 7) is 3.37. The molecule has 0 radical (unpaired) electrons. The van der Waals surface area contributed by atoms with Gasteiger partial charge in [0.1, 0.15) is 12.0 Å². The summed E-state index contributed by atoms with van der Waals surface area (Å²) in [7, 11) is 0. The number of carboxylic acids is 1. The van der Waals surface area contributed by atoms with Crippen LogP contribution < -0.4 is 5.32 Å². The Bertz CT molecular complexity index is 406. The van der Waals surface area contributed by atoms with Crippen molar-refractivity contribution >= 4 is 11.9 Å². The Balaban J connectivity index is 2.62. The highest BCUT2D eigenvalue weighted by Gasteiger charge is 2.13. The van der Waals surface area contributed by atoms with Crippen LogP contribution in [0, 0.1) is 6.92 Å². The van der Waals surface area contributed by atoms with Crippen LogP contribution in [0.15, 0.2) is 12.4 Å². The molecule has 0 aromatic carbocycles. The molecule has 0 spiro atoms. The van der Waals surface area contributed by atoms with E-state index >= 15 is 0 Å². The summed E-state index contributed by atoms with van der Waals surface area (Å²) in [6, 6.07) is 1.11. The van der Waals surface area contributed by atoms with Crippen LogP contribution in [0.5, 0.6) is 0 Å². The number of carbonyl (C=O) groups is 2. The maximum Gasteiger partial charge on any atom is 0.305 e. The minimum atomic E-state index is -0.952. The normalized spacial score (nSPS) is 11.9. The summed E-state index contributed by atoms with van der Waals surface area (Å²) in [5.74, 6) is -1.34. The van der Waals surface area contributed by atoms with Crippen molar-refractivity contribution in [1.82, 2.24) is 15.3 Å². The fourth-order valence-electron chi connectivity index (χ4n) is 1.19. The van der Waals surface area contributed by atoms with Gasteiger partial charge in [-0.1, -0.05) is 0 Å². The number of carboxylic acid groups (broad SMARTS) is 1. The number of hydrogen-bond donors (Lipinski definition) is 2. The molecule has 0 aliphatic heterocycles. The molecule has 1 rings (SSSR count). The number of aliphatic carboxylic acids is 1. The topological polar surface area (TPSA) is 92.2 Å². The molecule has 0 saturated heterocycles. The fraction of sp³-hybridized carbons (Fsp3) is 0.400. The van der Waals surface area contributed by atoms with Gasteiger partial charge in [-0.2, -0.15) is 0 Å². The van der Waals surface area contributed by atoms with Crippen LogP contribution in [0.3, 0.4) is 0 Å². The summed E-state index contributed by atoms with van der Waals surface area (Å²) >= 11 is 0. The van der Waals surface area contributed by atoms with E-state index in [1.54, 1.807) is 19.9 Å². The first-order chi connectivity index (χ1) is 7.49. The summed E-state index contributed by atoms with van der Waals surface area (Å²) in [5, 5.41) is 11.1. The van der Waals surface area contributed by atoms with Gasteiger partial charge in [0.05, 0.1) is 6.42 Å². The standard InChI is InChI=1S/C10H13N3O3/c1-6-3-8(12-5-11-6)10(16)13-7(2)4-9(14)15/h3,5,7H,4H2,1-2H3,(H,13,16)(H,14,15). The fourth-order valence-corrected chi connectivity index (χ4v) is 1.19. The van der Waals surface area contributed by atoms with Crippen molar-refractivity contribution in [3.05, 3.63) is 23.8 Å². The highest BCUT2D eigenvalue weighted by molar-refractivity contribution is 5.92. The first kappa shape index (κ1) is 12.1. The quantitative estimate of drug-likeness (QED) is 0.769. The third kappa shape index (κ3) is 3.64. The van der Waals surface area contributed by atoms with E-state index in [2.05, 4.69) is 15.3 Å². The van der Waals surface area contributed by atoms with Crippen molar-refractivity contribution in [3.63, 3.8) is 0 Å². The molecule has 2 N–H and O–H groups in total. The molecule has 6 nitrogen and oxygen atoms in total. The van der Waals surface area contributed by atoms with Crippen LogP contribution in [0.2, 0.25) is 0 Å². The zero-order chi connectivity index (χ0) is 12.1. The predicted molar refractivity (Wildman–Crippen MR) is 56.0 cm³/mol. The molecule has 0 fully saturated rings. The number of hydrogen-bond acceptors (Lipinski definition) is 4. The second-order valence-electron chi connectivity index (χ2n) is 3.52. The van der Waals surface area contributed by atoms with Crippen molar-refractivity contribution < 1.29 is 14.7 Å². The Morgan fingerprint density at radius 1 is 1.50 bits per heavy atom. The average molecular weight is 223 g/mol. The molecule has 16 heavy (non-hydrogen) atoms. The van der Waals surface area contributed by atoms with Gasteiger partial charge in [-0.3, -0.25) is 9.59 Å². The number of rotatable bonds is 4. The maximum atomic E-state index is 11.6.